The summed E-state index contributed by atoms with van der Waals surface area (Å²) in [6, 6.07) is 0.761. The van der Waals surface area contributed by atoms with Gasteiger partial charge in [0.25, 0.3) is 0 Å². The van der Waals surface area contributed by atoms with Crippen LogP contribution < -0.4 is 0 Å². The van der Waals surface area contributed by atoms with E-state index in [9.17, 15) is 22.0 Å². The average Bonchev–Trinajstić information content (AvgIpc) is 2.34. The standard InChI is InChI=1S/C16H11F5/c1-7(17)12-6-13(8(2)18)15(10(4)20)16(11(5)21)14(12)9(3)19/h6H,1-5H2. The number of hydrogen-bond donors (Lipinski definition) is 0. The summed E-state index contributed by atoms with van der Waals surface area (Å²) in [5.41, 5.74) is -3.33. The quantitative estimate of drug-likeness (QED) is 0.553. The lowest BCUT2D eigenvalue weighted by atomic mass is 9.89. The van der Waals surface area contributed by atoms with Crippen LogP contribution in [0.1, 0.15) is 27.8 Å². The number of rotatable bonds is 5. The molecule has 110 valence electrons. The van der Waals surface area contributed by atoms with Crippen molar-refractivity contribution < 1.29 is 22.0 Å². The summed E-state index contributed by atoms with van der Waals surface area (Å²) in [4.78, 5) is 0. The van der Waals surface area contributed by atoms with E-state index < -0.39 is 57.0 Å². The second kappa shape index (κ2) is 5.91. The average molecular weight is 298 g/mol. The predicted molar refractivity (Wildman–Crippen MR) is 77.2 cm³/mol. The molecule has 0 spiro atoms. The molecule has 0 bridgehead atoms. The van der Waals surface area contributed by atoms with Gasteiger partial charge in [0.1, 0.15) is 29.1 Å². The van der Waals surface area contributed by atoms with Gasteiger partial charge in [-0.25, -0.2) is 22.0 Å². The summed E-state index contributed by atoms with van der Waals surface area (Å²) in [5, 5.41) is 0. The lowest BCUT2D eigenvalue weighted by molar-refractivity contribution is 0.724. The van der Waals surface area contributed by atoms with Crippen molar-refractivity contribution in [2.24, 2.45) is 0 Å². The Morgan fingerprint density at radius 1 is 0.524 bits per heavy atom. The van der Waals surface area contributed by atoms with Crippen molar-refractivity contribution in [3.05, 3.63) is 66.8 Å². The third kappa shape index (κ3) is 3.02. The van der Waals surface area contributed by atoms with Crippen molar-refractivity contribution in [2.75, 3.05) is 0 Å². The highest BCUT2D eigenvalue weighted by Gasteiger charge is 2.26. The molecule has 0 saturated heterocycles. The van der Waals surface area contributed by atoms with Gasteiger partial charge in [-0.15, -0.1) is 0 Å². The van der Waals surface area contributed by atoms with Crippen LogP contribution >= 0.6 is 0 Å². The minimum Gasteiger partial charge on any atom is -0.207 e. The Morgan fingerprint density at radius 2 is 0.810 bits per heavy atom. The zero-order valence-electron chi connectivity index (χ0n) is 11.0. The molecule has 0 unspecified atom stereocenters. The molecule has 0 heterocycles. The second-order valence-electron chi connectivity index (χ2n) is 4.12. The number of halogens is 5. The molecule has 0 fully saturated rings. The molecule has 5 heteroatoms. The van der Waals surface area contributed by atoms with E-state index in [1.54, 1.807) is 0 Å². The maximum Gasteiger partial charge on any atom is 0.124 e. The summed E-state index contributed by atoms with van der Waals surface area (Å²) in [6.07, 6.45) is 0. The Kier molecular flexibility index (Phi) is 4.68. The number of hydrogen-bond acceptors (Lipinski definition) is 0. The van der Waals surface area contributed by atoms with E-state index in [4.69, 9.17) is 0 Å². The maximum atomic E-state index is 13.6. The summed E-state index contributed by atoms with van der Waals surface area (Å²) < 4.78 is 67.7. The molecule has 0 nitrogen and oxygen atoms in total. The van der Waals surface area contributed by atoms with Crippen LogP contribution in [0.2, 0.25) is 0 Å². The van der Waals surface area contributed by atoms with Crippen LogP contribution in [0.15, 0.2) is 39.0 Å². The highest BCUT2D eigenvalue weighted by atomic mass is 19.1. The minimum atomic E-state index is -1.30. The van der Waals surface area contributed by atoms with Crippen LogP contribution in [0, 0.1) is 0 Å². The first kappa shape index (κ1) is 16.6. The van der Waals surface area contributed by atoms with Crippen molar-refractivity contribution >= 4 is 29.1 Å². The molecule has 1 rings (SSSR count). The Balaban J connectivity index is 4.13. The fraction of sp³-hybridized carbons (Fsp3) is 0. The first-order valence-corrected chi connectivity index (χ1v) is 5.54. The lowest BCUT2D eigenvalue weighted by Crippen LogP contribution is -2.03. The lowest BCUT2D eigenvalue weighted by Gasteiger charge is -2.18. The predicted octanol–water partition coefficient (Wildman–Crippen LogP) is 6.39. The van der Waals surface area contributed by atoms with Gasteiger partial charge in [0, 0.05) is 27.8 Å². The smallest absolute Gasteiger partial charge is 0.124 e. The molecule has 0 N–H and O–H groups in total. The summed E-state index contributed by atoms with van der Waals surface area (Å²) in [5.74, 6) is -6.16. The fourth-order valence-electron chi connectivity index (χ4n) is 1.95. The molecule has 0 aliphatic heterocycles. The van der Waals surface area contributed by atoms with E-state index in [-0.39, 0.29) is 0 Å². The van der Waals surface area contributed by atoms with Crippen LogP contribution in [-0.4, -0.2) is 0 Å². The summed E-state index contributed by atoms with van der Waals surface area (Å²) in [7, 11) is 0. The third-order valence-electron chi connectivity index (χ3n) is 2.73. The molecule has 0 radical (unpaired) electrons. The van der Waals surface area contributed by atoms with Gasteiger partial charge in [-0.1, -0.05) is 32.9 Å². The Bertz CT molecular complexity index is 645. The van der Waals surface area contributed by atoms with Crippen molar-refractivity contribution in [1.82, 2.24) is 0 Å². The second-order valence-corrected chi connectivity index (χ2v) is 4.12. The molecule has 0 aromatic heterocycles. The van der Waals surface area contributed by atoms with Gasteiger partial charge in [-0.3, -0.25) is 0 Å². The van der Waals surface area contributed by atoms with Crippen molar-refractivity contribution in [3.8, 4) is 0 Å². The molecule has 0 aliphatic rings. The fourth-order valence-corrected chi connectivity index (χ4v) is 1.95. The normalized spacial score (nSPS) is 10.1. The van der Waals surface area contributed by atoms with Crippen LogP contribution in [-0.2, 0) is 0 Å². The molecular formula is C16H11F5. The summed E-state index contributed by atoms with van der Waals surface area (Å²) in [6.45, 7) is 14.7. The van der Waals surface area contributed by atoms with Gasteiger partial charge in [0.15, 0.2) is 0 Å². The van der Waals surface area contributed by atoms with Crippen molar-refractivity contribution in [3.63, 3.8) is 0 Å². The van der Waals surface area contributed by atoms with Gasteiger partial charge < -0.3 is 0 Å². The minimum absolute atomic E-state index is 0.574. The Morgan fingerprint density at radius 3 is 1.00 bits per heavy atom. The molecule has 0 saturated carbocycles. The van der Waals surface area contributed by atoms with Crippen LogP contribution in [0.5, 0.6) is 0 Å². The van der Waals surface area contributed by atoms with Gasteiger partial charge >= 0.3 is 0 Å². The Hall–Kier alpha value is -2.43. The van der Waals surface area contributed by atoms with E-state index in [0.717, 1.165) is 6.07 Å². The maximum absolute atomic E-state index is 13.6. The van der Waals surface area contributed by atoms with E-state index >= 15 is 0 Å². The van der Waals surface area contributed by atoms with Crippen LogP contribution in [0.3, 0.4) is 0 Å². The number of benzene rings is 1. The first-order chi connectivity index (χ1) is 9.59. The van der Waals surface area contributed by atoms with Crippen LogP contribution in [0.4, 0.5) is 22.0 Å². The highest BCUT2D eigenvalue weighted by Crippen LogP contribution is 2.41. The third-order valence-corrected chi connectivity index (χ3v) is 2.73. The van der Waals surface area contributed by atoms with E-state index in [1.165, 1.54) is 0 Å². The molecule has 1 aromatic carbocycles. The van der Waals surface area contributed by atoms with Crippen molar-refractivity contribution in [1.29, 1.82) is 0 Å². The zero-order valence-corrected chi connectivity index (χ0v) is 11.0. The van der Waals surface area contributed by atoms with E-state index in [2.05, 4.69) is 32.9 Å². The van der Waals surface area contributed by atoms with Gasteiger partial charge in [-0.05, 0) is 6.07 Å². The molecule has 1 aromatic rings. The SMILES string of the molecule is C=C(F)c1cc(C(=C)F)c(C(=C)F)c(C(=C)F)c1C(=C)F. The zero-order chi connectivity index (χ0) is 16.5. The highest BCUT2D eigenvalue weighted by molar-refractivity contribution is 5.91. The van der Waals surface area contributed by atoms with Crippen LogP contribution in [0.25, 0.3) is 29.1 Å². The topological polar surface area (TPSA) is 0 Å². The van der Waals surface area contributed by atoms with Crippen molar-refractivity contribution in [2.45, 2.75) is 0 Å². The van der Waals surface area contributed by atoms with Gasteiger partial charge in [-0.2, -0.15) is 0 Å². The largest absolute Gasteiger partial charge is 0.207 e. The summed E-state index contributed by atoms with van der Waals surface area (Å²) >= 11 is 0. The molecular weight excluding hydrogens is 287 g/mol. The van der Waals surface area contributed by atoms with Gasteiger partial charge in [0.05, 0.1) is 0 Å². The van der Waals surface area contributed by atoms with Gasteiger partial charge in [0.2, 0.25) is 0 Å². The Labute approximate surface area is 118 Å². The monoisotopic (exact) mass is 298 g/mol. The van der Waals surface area contributed by atoms with E-state index in [0.29, 0.717) is 0 Å². The molecule has 21 heavy (non-hydrogen) atoms. The molecule has 0 aliphatic carbocycles. The van der Waals surface area contributed by atoms with E-state index in [1.807, 2.05) is 0 Å². The first-order valence-electron chi connectivity index (χ1n) is 5.54. The molecule has 0 atom stereocenters. The molecule has 0 amide bonds.